The second-order valence-corrected chi connectivity index (χ2v) is 5.57. The second-order valence-electron chi connectivity index (χ2n) is 5.57. The van der Waals surface area contributed by atoms with Crippen molar-refractivity contribution >= 4 is 21.8 Å². The van der Waals surface area contributed by atoms with Gasteiger partial charge in [-0.05, 0) is 36.8 Å². The smallest absolute Gasteiger partial charge is 0.117 e. The highest BCUT2D eigenvalue weighted by molar-refractivity contribution is 6.09. The standard InChI is InChI=1S/C20H15NO/c1-13-7-10-18-17(11-13)20(14-5-3-2-4-6-14)16-9-8-15(22)12-19(16)21-18/h2-12,22H,1H3. The Morgan fingerprint density at radius 2 is 1.59 bits per heavy atom. The summed E-state index contributed by atoms with van der Waals surface area (Å²) >= 11 is 0. The SMILES string of the molecule is Cc1ccc2nc3cc(O)ccc3c(-c3ccccc3)c2c1. The molecule has 0 amide bonds. The topological polar surface area (TPSA) is 33.1 Å². The van der Waals surface area contributed by atoms with Crippen LogP contribution in [0.1, 0.15) is 5.56 Å². The van der Waals surface area contributed by atoms with Crippen molar-refractivity contribution in [1.82, 2.24) is 4.98 Å². The van der Waals surface area contributed by atoms with Crippen molar-refractivity contribution in [3.05, 3.63) is 72.3 Å². The first-order chi connectivity index (χ1) is 10.7. The third kappa shape index (κ3) is 2.01. The van der Waals surface area contributed by atoms with Crippen molar-refractivity contribution in [3.63, 3.8) is 0 Å². The third-order valence-corrected chi connectivity index (χ3v) is 3.98. The number of aromatic hydroxyl groups is 1. The molecule has 0 saturated carbocycles. The summed E-state index contributed by atoms with van der Waals surface area (Å²) in [6.07, 6.45) is 0. The Morgan fingerprint density at radius 3 is 2.41 bits per heavy atom. The molecule has 0 spiro atoms. The maximum Gasteiger partial charge on any atom is 0.117 e. The summed E-state index contributed by atoms with van der Waals surface area (Å²) in [4.78, 5) is 4.71. The minimum atomic E-state index is 0.241. The molecule has 106 valence electrons. The molecule has 3 aromatic carbocycles. The van der Waals surface area contributed by atoms with Crippen molar-refractivity contribution in [1.29, 1.82) is 0 Å². The van der Waals surface area contributed by atoms with Crippen molar-refractivity contribution in [3.8, 4) is 16.9 Å². The minimum absolute atomic E-state index is 0.241. The molecule has 2 heteroatoms. The van der Waals surface area contributed by atoms with Crippen LogP contribution < -0.4 is 0 Å². The van der Waals surface area contributed by atoms with Gasteiger partial charge in [0.2, 0.25) is 0 Å². The number of phenols is 1. The normalized spacial score (nSPS) is 11.1. The van der Waals surface area contributed by atoms with Gasteiger partial charge in [-0.3, -0.25) is 0 Å². The second kappa shape index (κ2) is 4.85. The van der Waals surface area contributed by atoms with Crippen LogP contribution in [-0.4, -0.2) is 10.1 Å². The fraction of sp³-hybridized carbons (Fsp3) is 0.0500. The van der Waals surface area contributed by atoms with Gasteiger partial charge in [0.25, 0.3) is 0 Å². The zero-order chi connectivity index (χ0) is 15.1. The molecule has 0 aliphatic heterocycles. The van der Waals surface area contributed by atoms with E-state index in [1.807, 2.05) is 30.3 Å². The minimum Gasteiger partial charge on any atom is -0.508 e. The highest BCUT2D eigenvalue weighted by atomic mass is 16.3. The lowest BCUT2D eigenvalue weighted by molar-refractivity contribution is 0.476. The highest BCUT2D eigenvalue weighted by Crippen LogP contribution is 2.36. The van der Waals surface area contributed by atoms with Crippen molar-refractivity contribution in [2.45, 2.75) is 6.92 Å². The average molecular weight is 285 g/mol. The lowest BCUT2D eigenvalue weighted by atomic mass is 9.95. The van der Waals surface area contributed by atoms with Gasteiger partial charge in [0.05, 0.1) is 11.0 Å². The molecule has 0 atom stereocenters. The number of hydrogen-bond donors (Lipinski definition) is 1. The van der Waals surface area contributed by atoms with E-state index in [1.54, 1.807) is 12.1 Å². The van der Waals surface area contributed by atoms with Crippen molar-refractivity contribution < 1.29 is 5.11 Å². The number of rotatable bonds is 1. The van der Waals surface area contributed by atoms with Gasteiger partial charge in [-0.15, -0.1) is 0 Å². The maximum atomic E-state index is 9.77. The van der Waals surface area contributed by atoms with E-state index in [1.165, 1.54) is 11.1 Å². The zero-order valence-corrected chi connectivity index (χ0v) is 12.2. The van der Waals surface area contributed by atoms with Gasteiger partial charge in [0.1, 0.15) is 5.75 Å². The molecule has 0 aliphatic carbocycles. The van der Waals surface area contributed by atoms with Crippen LogP contribution in [0.2, 0.25) is 0 Å². The molecule has 0 radical (unpaired) electrons. The fourth-order valence-corrected chi connectivity index (χ4v) is 2.96. The summed E-state index contributed by atoms with van der Waals surface area (Å²) in [5.41, 5.74) is 5.31. The molecule has 2 nitrogen and oxygen atoms in total. The van der Waals surface area contributed by atoms with Crippen LogP contribution in [-0.2, 0) is 0 Å². The number of nitrogens with zero attached hydrogens (tertiary/aromatic N) is 1. The monoisotopic (exact) mass is 285 g/mol. The quantitative estimate of drug-likeness (QED) is 0.495. The summed E-state index contributed by atoms with van der Waals surface area (Å²) in [6.45, 7) is 2.09. The maximum absolute atomic E-state index is 9.77. The van der Waals surface area contributed by atoms with Crippen molar-refractivity contribution in [2.75, 3.05) is 0 Å². The van der Waals surface area contributed by atoms with Gasteiger partial charge in [0.15, 0.2) is 0 Å². The lowest BCUT2D eigenvalue weighted by Crippen LogP contribution is -1.89. The van der Waals surface area contributed by atoms with Crippen LogP contribution >= 0.6 is 0 Å². The summed E-state index contributed by atoms with van der Waals surface area (Å²) in [7, 11) is 0. The third-order valence-electron chi connectivity index (χ3n) is 3.98. The van der Waals surface area contributed by atoms with Crippen LogP contribution in [0.5, 0.6) is 5.75 Å². The molecule has 22 heavy (non-hydrogen) atoms. The Bertz CT molecular complexity index is 991. The van der Waals surface area contributed by atoms with Crippen LogP contribution in [0.15, 0.2) is 66.7 Å². The first-order valence-corrected chi connectivity index (χ1v) is 7.31. The zero-order valence-electron chi connectivity index (χ0n) is 12.2. The molecule has 0 bridgehead atoms. The summed E-state index contributed by atoms with van der Waals surface area (Å²) in [6, 6.07) is 22.0. The number of benzene rings is 3. The number of hydrogen-bond acceptors (Lipinski definition) is 2. The van der Waals surface area contributed by atoms with E-state index in [2.05, 4.69) is 31.2 Å². The number of fused-ring (bicyclic) bond motifs is 2. The van der Waals surface area contributed by atoms with E-state index in [-0.39, 0.29) is 5.75 Å². The van der Waals surface area contributed by atoms with Crippen LogP contribution in [0.3, 0.4) is 0 Å². The number of aryl methyl sites for hydroxylation is 1. The van der Waals surface area contributed by atoms with E-state index in [4.69, 9.17) is 4.98 Å². The Hall–Kier alpha value is -2.87. The molecule has 0 saturated heterocycles. The number of phenolic OH excluding ortho intramolecular Hbond substituents is 1. The molecule has 0 unspecified atom stereocenters. The molecule has 4 rings (SSSR count). The largest absolute Gasteiger partial charge is 0.508 e. The van der Waals surface area contributed by atoms with Gasteiger partial charge in [-0.25, -0.2) is 4.98 Å². The number of aromatic nitrogens is 1. The summed E-state index contributed by atoms with van der Waals surface area (Å²) < 4.78 is 0. The predicted octanol–water partition coefficient (Wildman–Crippen LogP) is 5.07. The van der Waals surface area contributed by atoms with E-state index in [0.29, 0.717) is 0 Å². The van der Waals surface area contributed by atoms with Crippen LogP contribution in [0.25, 0.3) is 32.9 Å². The van der Waals surface area contributed by atoms with E-state index in [0.717, 1.165) is 27.4 Å². The summed E-state index contributed by atoms with van der Waals surface area (Å²) in [5.74, 6) is 0.241. The molecule has 4 aromatic rings. The Balaban J connectivity index is 2.23. The molecule has 0 aliphatic rings. The van der Waals surface area contributed by atoms with Crippen LogP contribution in [0.4, 0.5) is 0 Å². The first-order valence-electron chi connectivity index (χ1n) is 7.31. The molecule has 1 heterocycles. The number of pyridine rings is 1. The van der Waals surface area contributed by atoms with E-state index >= 15 is 0 Å². The first kappa shape index (κ1) is 12.8. The van der Waals surface area contributed by atoms with Gasteiger partial charge in [-0.2, -0.15) is 0 Å². The molecular formula is C20H15NO. The fourth-order valence-electron chi connectivity index (χ4n) is 2.96. The van der Waals surface area contributed by atoms with Gasteiger partial charge in [0, 0.05) is 22.4 Å². The van der Waals surface area contributed by atoms with Gasteiger partial charge < -0.3 is 5.11 Å². The van der Waals surface area contributed by atoms with Gasteiger partial charge >= 0.3 is 0 Å². The van der Waals surface area contributed by atoms with E-state index < -0.39 is 0 Å². The van der Waals surface area contributed by atoms with Gasteiger partial charge in [-0.1, -0.05) is 42.0 Å². The highest BCUT2D eigenvalue weighted by Gasteiger charge is 2.11. The molecule has 1 N–H and O–H groups in total. The summed E-state index contributed by atoms with van der Waals surface area (Å²) in [5, 5.41) is 12.0. The molecule has 0 fully saturated rings. The van der Waals surface area contributed by atoms with E-state index in [9.17, 15) is 5.11 Å². The lowest BCUT2D eigenvalue weighted by Gasteiger charge is -2.12. The average Bonchev–Trinajstić information content (AvgIpc) is 2.53. The van der Waals surface area contributed by atoms with Crippen molar-refractivity contribution in [2.24, 2.45) is 0 Å². The Morgan fingerprint density at radius 1 is 0.773 bits per heavy atom. The predicted molar refractivity (Wildman–Crippen MR) is 91.1 cm³/mol. The Labute approximate surface area is 128 Å². The molecular weight excluding hydrogens is 270 g/mol. The Kier molecular flexibility index (Phi) is 2.83. The molecule has 1 aromatic heterocycles. The van der Waals surface area contributed by atoms with Crippen LogP contribution in [0, 0.1) is 6.92 Å².